The van der Waals surface area contributed by atoms with Crippen molar-refractivity contribution < 1.29 is 9.66 Å². The molecule has 106 valence electrons. The highest BCUT2D eigenvalue weighted by molar-refractivity contribution is 5.84. The number of rotatable bonds is 4. The quantitative estimate of drug-likeness (QED) is 0.566. The number of nitrogens with zero attached hydrogens (tertiary/aromatic N) is 2. The van der Waals surface area contributed by atoms with Gasteiger partial charge in [-0.1, -0.05) is 0 Å². The molecular formula is C14H12N4O3. The van der Waals surface area contributed by atoms with Crippen LogP contribution in [0, 0.1) is 10.1 Å². The summed E-state index contributed by atoms with van der Waals surface area (Å²) >= 11 is 0. The van der Waals surface area contributed by atoms with Gasteiger partial charge in [0, 0.05) is 34.9 Å². The van der Waals surface area contributed by atoms with Gasteiger partial charge in [0.25, 0.3) is 0 Å². The number of pyridine rings is 1. The van der Waals surface area contributed by atoms with Crippen LogP contribution in [-0.2, 0) is 0 Å². The normalized spacial score (nSPS) is 10.5. The van der Waals surface area contributed by atoms with Crippen molar-refractivity contribution in [3.63, 3.8) is 0 Å². The lowest BCUT2D eigenvalue weighted by Crippen LogP contribution is -2.01. The monoisotopic (exact) mass is 284 g/mol. The van der Waals surface area contributed by atoms with E-state index in [0.29, 0.717) is 11.6 Å². The minimum Gasteiger partial charge on any atom is -0.481 e. The largest absolute Gasteiger partial charge is 0.481 e. The summed E-state index contributed by atoms with van der Waals surface area (Å²) in [5.41, 5.74) is 1.60. The van der Waals surface area contributed by atoms with Crippen LogP contribution in [0.2, 0.25) is 0 Å². The SMILES string of the molecule is COc1ccc([N+](=O)[O-])c(Nc2ccc3[nH]ccc3c2)n1. The van der Waals surface area contributed by atoms with Crippen LogP contribution in [0.25, 0.3) is 10.9 Å². The van der Waals surface area contributed by atoms with E-state index in [4.69, 9.17) is 4.74 Å². The minimum absolute atomic E-state index is 0.107. The Hall–Kier alpha value is -3.09. The molecule has 0 radical (unpaired) electrons. The molecule has 0 saturated carbocycles. The second-order valence-corrected chi connectivity index (χ2v) is 4.38. The van der Waals surface area contributed by atoms with E-state index in [-0.39, 0.29) is 11.5 Å². The molecule has 0 aliphatic carbocycles. The summed E-state index contributed by atoms with van der Waals surface area (Å²) < 4.78 is 5.01. The summed E-state index contributed by atoms with van der Waals surface area (Å²) in [6.07, 6.45) is 1.83. The van der Waals surface area contributed by atoms with Gasteiger partial charge in [0.2, 0.25) is 11.7 Å². The average molecular weight is 284 g/mol. The zero-order valence-corrected chi connectivity index (χ0v) is 11.2. The number of anilines is 2. The summed E-state index contributed by atoms with van der Waals surface area (Å²) in [5.74, 6) is 0.458. The molecule has 0 aliphatic rings. The van der Waals surface area contributed by atoms with Gasteiger partial charge < -0.3 is 15.0 Å². The van der Waals surface area contributed by atoms with E-state index >= 15 is 0 Å². The lowest BCUT2D eigenvalue weighted by atomic mass is 10.2. The molecule has 1 aromatic carbocycles. The summed E-state index contributed by atoms with van der Waals surface area (Å²) in [6.45, 7) is 0. The summed E-state index contributed by atoms with van der Waals surface area (Å²) in [4.78, 5) is 17.8. The van der Waals surface area contributed by atoms with E-state index in [0.717, 1.165) is 10.9 Å². The van der Waals surface area contributed by atoms with Gasteiger partial charge in [-0.25, -0.2) is 0 Å². The molecule has 2 N–H and O–H groups in total. The van der Waals surface area contributed by atoms with E-state index in [1.54, 1.807) is 0 Å². The maximum absolute atomic E-state index is 11.1. The molecule has 0 saturated heterocycles. The third-order valence-corrected chi connectivity index (χ3v) is 3.07. The number of aromatic amines is 1. The Kier molecular flexibility index (Phi) is 3.15. The standard InChI is InChI=1S/C14H12N4O3/c1-21-13-5-4-12(18(19)20)14(17-13)16-10-2-3-11-9(8-10)6-7-15-11/h2-8,15H,1H3,(H,16,17). The lowest BCUT2D eigenvalue weighted by molar-refractivity contribution is -0.384. The molecule has 0 atom stereocenters. The van der Waals surface area contributed by atoms with Crippen LogP contribution in [-0.4, -0.2) is 22.0 Å². The van der Waals surface area contributed by atoms with Gasteiger partial charge in [0.15, 0.2) is 0 Å². The van der Waals surface area contributed by atoms with Crippen molar-refractivity contribution in [1.82, 2.24) is 9.97 Å². The molecule has 0 amide bonds. The first-order valence-corrected chi connectivity index (χ1v) is 6.21. The maximum Gasteiger partial charge on any atom is 0.311 e. The average Bonchev–Trinajstić information content (AvgIpc) is 2.94. The third-order valence-electron chi connectivity index (χ3n) is 3.07. The Balaban J connectivity index is 2.00. The Bertz CT molecular complexity index is 813. The topological polar surface area (TPSA) is 93.1 Å². The van der Waals surface area contributed by atoms with Crippen molar-refractivity contribution in [3.8, 4) is 5.88 Å². The van der Waals surface area contributed by atoms with Crippen LogP contribution in [0.3, 0.4) is 0 Å². The van der Waals surface area contributed by atoms with Crippen molar-refractivity contribution in [2.45, 2.75) is 0 Å². The van der Waals surface area contributed by atoms with Gasteiger partial charge in [0.1, 0.15) is 0 Å². The fraction of sp³-hybridized carbons (Fsp3) is 0.0714. The second kappa shape index (κ2) is 5.12. The second-order valence-electron chi connectivity index (χ2n) is 4.38. The van der Waals surface area contributed by atoms with Gasteiger partial charge in [-0.05, 0) is 24.3 Å². The minimum atomic E-state index is -0.483. The summed E-state index contributed by atoms with van der Waals surface area (Å²) in [7, 11) is 1.46. The molecule has 0 fully saturated rings. The number of aromatic nitrogens is 2. The molecule has 0 unspecified atom stereocenters. The Morgan fingerprint density at radius 1 is 1.29 bits per heavy atom. The van der Waals surface area contributed by atoms with Crippen molar-refractivity contribution in [1.29, 1.82) is 0 Å². The predicted octanol–water partition coefficient (Wildman–Crippen LogP) is 3.22. The Labute approximate surface area is 119 Å². The van der Waals surface area contributed by atoms with Crippen LogP contribution < -0.4 is 10.1 Å². The number of nitro groups is 1. The first-order chi connectivity index (χ1) is 10.2. The molecule has 3 rings (SSSR count). The Morgan fingerprint density at radius 3 is 2.90 bits per heavy atom. The number of fused-ring (bicyclic) bond motifs is 1. The van der Waals surface area contributed by atoms with Crippen molar-refractivity contribution >= 4 is 28.1 Å². The van der Waals surface area contributed by atoms with E-state index in [1.807, 2.05) is 30.5 Å². The number of hydrogen-bond acceptors (Lipinski definition) is 5. The molecule has 21 heavy (non-hydrogen) atoms. The van der Waals surface area contributed by atoms with E-state index < -0.39 is 4.92 Å². The number of hydrogen-bond donors (Lipinski definition) is 2. The van der Waals surface area contributed by atoms with Crippen LogP contribution in [0.15, 0.2) is 42.6 Å². The zero-order chi connectivity index (χ0) is 14.8. The van der Waals surface area contributed by atoms with Crippen LogP contribution >= 0.6 is 0 Å². The molecular weight excluding hydrogens is 272 g/mol. The Morgan fingerprint density at radius 2 is 2.14 bits per heavy atom. The highest BCUT2D eigenvalue weighted by Crippen LogP contribution is 2.29. The van der Waals surface area contributed by atoms with E-state index in [2.05, 4.69) is 15.3 Å². The smallest absolute Gasteiger partial charge is 0.311 e. The van der Waals surface area contributed by atoms with Crippen LogP contribution in [0.5, 0.6) is 5.88 Å². The molecule has 7 nitrogen and oxygen atoms in total. The number of nitrogens with one attached hydrogen (secondary N) is 2. The van der Waals surface area contributed by atoms with Gasteiger partial charge in [0.05, 0.1) is 12.0 Å². The zero-order valence-electron chi connectivity index (χ0n) is 11.2. The first-order valence-electron chi connectivity index (χ1n) is 6.21. The molecule has 0 bridgehead atoms. The number of benzene rings is 1. The summed E-state index contributed by atoms with van der Waals surface area (Å²) in [6, 6.07) is 10.3. The highest BCUT2D eigenvalue weighted by atomic mass is 16.6. The fourth-order valence-corrected chi connectivity index (χ4v) is 2.05. The molecule has 7 heteroatoms. The molecule has 0 aliphatic heterocycles. The van der Waals surface area contributed by atoms with Gasteiger partial charge >= 0.3 is 5.69 Å². The van der Waals surface area contributed by atoms with Gasteiger partial charge in [-0.3, -0.25) is 10.1 Å². The van der Waals surface area contributed by atoms with E-state index in [9.17, 15) is 10.1 Å². The van der Waals surface area contributed by atoms with Crippen molar-refractivity contribution in [2.75, 3.05) is 12.4 Å². The van der Waals surface area contributed by atoms with Crippen molar-refractivity contribution in [3.05, 3.63) is 52.7 Å². The maximum atomic E-state index is 11.1. The van der Waals surface area contributed by atoms with Gasteiger partial charge in [-0.15, -0.1) is 0 Å². The molecule has 2 aromatic heterocycles. The highest BCUT2D eigenvalue weighted by Gasteiger charge is 2.16. The predicted molar refractivity (Wildman–Crippen MR) is 79.0 cm³/mol. The van der Waals surface area contributed by atoms with Crippen LogP contribution in [0.1, 0.15) is 0 Å². The fourth-order valence-electron chi connectivity index (χ4n) is 2.05. The number of H-pyrrole nitrogens is 1. The van der Waals surface area contributed by atoms with Crippen molar-refractivity contribution in [2.24, 2.45) is 0 Å². The van der Waals surface area contributed by atoms with E-state index in [1.165, 1.54) is 19.2 Å². The molecule has 2 heterocycles. The van der Waals surface area contributed by atoms with Gasteiger partial charge in [-0.2, -0.15) is 4.98 Å². The number of methoxy groups -OCH3 is 1. The third kappa shape index (κ3) is 2.48. The number of ether oxygens (including phenoxy) is 1. The lowest BCUT2D eigenvalue weighted by Gasteiger charge is -2.08. The first kappa shape index (κ1) is 12.9. The summed E-state index contributed by atoms with van der Waals surface area (Å²) in [5, 5.41) is 15.0. The molecule has 0 spiro atoms. The molecule has 3 aromatic rings. The van der Waals surface area contributed by atoms with Crippen LogP contribution in [0.4, 0.5) is 17.2 Å².